The highest BCUT2D eigenvalue weighted by Gasteiger charge is 2.18. The number of benzene rings is 1. The van der Waals surface area contributed by atoms with Crippen LogP contribution in [0.3, 0.4) is 0 Å². The number of carbonyl (C=O) groups is 2. The highest BCUT2D eigenvalue weighted by molar-refractivity contribution is 8.00. The van der Waals surface area contributed by atoms with Crippen molar-refractivity contribution in [3.63, 3.8) is 0 Å². The average molecular weight is 329 g/mol. The molecule has 23 heavy (non-hydrogen) atoms. The third-order valence-corrected chi connectivity index (χ3v) is 4.43. The molecule has 1 atom stereocenters. The maximum atomic E-state index is 12.2. The molecule has 2 aromatic rings. The standard InChI is InChI=1S/C17H19N3O2S/c1-2-15(23-14-8-4-3-5-9-14)17(22)19-12-16(21)20-13-7-6-10-18-11-13/h3-11,15H,2,12H2,1H3,(H,19,22)(H,20,21)/t15-/m1/s1. The predicted octanol–water partition coefficient (Wildman–Crippen LogP) is 2.71. The van der Waals surface area contributed by atoms with Gasteiger partial charge in [0.25, 0.3) is 0 Å². The molecule has 1 heterocycles. The molecule has 0 aliphatic heterocycles. The third-order valence-electron chi connectivity index (χ3n) is 3.05. The van der Waals surface area contributed by atoms with Crippen LogP contribution in [0.1, 0.15) is 13.3 Å². The molecule has 2 rings (SSSR count). The van der Waals surface area contributed by atoms with Gasteiger partial charge < -0.3 is 10.6 Å². The van der Waals surface area contributed by atoms with Gasteiger partial charge >= 0.3 is 0 Å². The minimum absolute atomic E-state index is 0.0560. The third kappa shape index (κ3) is 5.75. The van der Waals surface area contributed by atoms with Gasteiger partial charge in [-0.2, -0.15) is 0 Å². The van der Waals surface area contributed by atoms with E-state index in [9.17, 15) is 9.59 Å². The van der Waals surface area contributed by atoms with Crippen molar-refractivity contribution >= 4 is 29.3 Å². The summed E-state index contributed by atoms with van der Waals surface area (Å²) in [5.74, 6) is -0.409. The SMILES string of the molecule is CC[C@@H](Sc1ccccc1)C(=O)NCC(=O)Nc1cccnc1. The Morgan fingerprint density at radius 1 is 1.17 bits per heavy atom. The lowest BCUT2D eigenvalue weighted by Gasteiger charge is -2.14. The second-order valence-electron chi connectivity index (χ2n) is 4.84. The zero-order valence-electron chi connectivity index (χ0n) is 12.9. The first-order valence-corrected chi connectivity index (χ1v) is 8.26. The molecule has 0 unspecified atom stereocenters. The van der Waals surface area contributed by atoms with Crippen LogP contribution in [0.25, 0.3) is 0 Å². The number of nitrogens with one attached hydrogen (secondary N) is 2. The number of amides is 2. The number of aromatic nitrogens is 1. The first kappa shape index (κ1) is 17.0. The Hall–Kier alpha value is -2.34. The summed E-state index contributed by atoms with van der Waals surface area (Å²) in [4.78, 5) is 29.0. The minimum Gasteiger partial charge on any atom is -0.346 e. The van der Waals surface area contributed by atoms with Gasteiger partial charge in [-0.15, -0.1) is 11.8 Å². The molecule has 2 amide bonds. The van der Waals surface area contributed by atoms with Crippen LogP contribution in [0.4, 0.5) is 5.69 Å². The van der Waals surface area contributed by atoms with Crippen LogP contribution in [0.2, 0.25) is 0 Å². The van der Waals surface area contributed by atoms with Crippen LogP contribution in [0.5, 0.6) is 0 Å². The summed E-state index contributed by atoms with van der Waals surface area (Å²) in [6.45, 7) is 1.90. The Morgan fingerprint density at radius 2 is 1.96 bits per heavy atom. The van der Waals surface area contributed by atoms with Crippen molar-refractivity contribution in [1.29, 1.82) is 0 Å². The molecule has 0 bridgehead atoms. The summed E-state index contributed by atoms with van der Waals surface area (Å²) in [6, 6.07) is 13.2. The normalized spacial score (nSPS) is 11.5. The second-order valence-corrected chi connectivity index (χ2v) is 6.11. The molecule has 1 aromatic carbocycles. The molecule has 2 N–H and O–H groups in total. The van der Waals surface area contributed by atoms with Gasteiger partial charge in [0.05, 0.1) is 23.7 Å². The van der Waals surface area contributed by atoms with E-state index >= 15 is 0 Å². The van der Waals surface area contributed by atoms with Gasteiger partial charge in [0.2, 0.25) is 11.8 Å². The lowest BCUT2D eigenvalue weighted by molar-refractivity contribution is -0.123. The largest absolute Gasteiger partial charge is 0.346 e. The fourth-order valence-electron chi connectivity index (χ4n) is 1.91. The quantitative estimate of drug-likeness (QED) is 0.766. The number of rotatable bonds is 7. The average Bonchev–Trinajstić information content (AvgIpc) is 2.59. The van der Waals surface area contributed by atoms with E-state index in [1.54, 1.807) is 24.5 Å². The van der Waals surface area contributed by atoms with Crippen LogP contribution in [-0.4, -0.2) is 28.6 Å². The number of anilines is 1. The second kappa shape index (κ2) is 8.95. The van der Waals surface area contributed by atoms with E-state index in [1.807, 2.05) is 37.3 Å². The molecule has 0 saturated carbocycles. The summed E-state index contributed by atoms with van der Waals surface area (Å²) in [6.07, 6.45) is 3.87. The Kier molecular flexibility index (Phi) is 6.62. The monoisotopic (exact) mass is 329 g/mol. The molecule has 0 radical (unpaired) electrons. The van der Waals surface area contributed by atoms with Gasteiger partial charge in [0.15, 0.2) is 0 Å². The molecule has 0 spiro atoms. The highest BCUT2D eigenvalue weighted by Crippen LogP contribution is 2.25. The topological polar surface area (TPSA) is 71.1 Å². The zero-order valence-corrected chi connectivity index (χ0v) is 13.7. The number of nitrogens with zero attached hydrogens (tertiary/aromatic N) is 1. The number of pyridine rings is 1. The fraction of sp³-hybridized carbons (Fsp3) is 0.235. The Morgan fingerprint density at radius 3 is 2.61 bits per heavy atom. The first-order chi connectivity index (χ1) is 11.2. The molecule has 5 nitrogen and oxygen atoms in total. The van der Waals surface area contributed by atoms with Crippen molar-refractivity contribution in [2.75, 3.05) is 11.9 Å². The molecule has 0 saturated heterocycles. The smallest absolute Gasteiger partial charge is 0.243 e. The Labute approximate surface area is 139 Å². The van der Waals surface area contributed by atoms with E-state index < -0.39 is 0 Å². The van der Waals surface area contributed by atoms with E-state index in [0.717, 1.165) is 4.90 Å². The number of carbonyl (C=O) groups excluding carboxylic acids is 2. The van der Waals surface area contributed by atoms with E-state index in [1.165, 1.54) is 11.8 Å². The van der Waals surface area contributed by atoms with Gasteiger partial charge in [-0.25, -0.2) is 0 Å². The van der Waals surface area contributed by atoms with Crippen molar-refractivity contribution in [3.8, 4) is 0 Å². The first-order valence-electron chi connectivity index (χ1n) is 7.38. The van der Waals surface area contributed by atoms with Crippen LogP contribution in [0, 0.1) is 0 Å². The lowest BCUT2D eigenvalue weighted by atomic mass is 10.3. The fourth-order valence-corrected chi connectivity index (χ4v) is 2.91. The summed E-state index contributed by atoms with van der Waals surface area (Å²) in [5.41, 5.74) is 0.609. The molecule has 6 heteroatoms. The van der Waals surface area contributed by atoms with E-state index in [4.69, 9.17) is 0 Å². The summed E-state index contributed by atoms with van der Waals surface area (Å²) < 4.78 is 0. The molecule has 120 valence electrons. The minimum atomic E-state index is -0.272. The molecule has 0 aliphatic carbocycles. The van der Waals surface area contributed by atoms with Gasteiger partial charge in [-0.05, 0) is 30.7 Å². The maximum Gasteiger partial charge on any atom is 0.243 e. The van der Waals surface area contributed by atoms with Crippen LogP contribution in [0.15, 0.2) is 59.8 Å². The van der Waals surface area contributed by atoms with Crippen molar-refractivity contribution in [3.05, 3.63) is 54.9 Å². The number of hydrogen-bond donors (Lipinski definition) is 2. The van der Waals surface area contributed by atoms with Gasteiger partial charge in [-0.1, -0.05) is 25.1 Å². The summed E-state index contributed by atoms with van der Waals surface area (Å²) in [7, 11) is 0. The molecule has 0 aliphatic rings. The molecular weight excluding hydrogens is 310 g/mol. The van der Waals surface area contributed by atoms with Gasteiger partial charge in [0, 0.05) is 11.1 Å². The number of thioether (sulfide) groups is 1. The molecule has 1 aromatic heterocycles. The highest BCUT2D eigenvalue weighted by atomic mass is 32.2. The van der Waals surface area contributed by atoms with Crippen molar-refractivity contribution < 1.29 is 9.59 Å². The zero-order chi connectivity index (χ0) is 16.5. The summed E-state index contributed by atoms with van der Waals surface area (Å²) >= 11 is 1.50. The Balaban J connectivity index is 1.81. The van der Waals surface area contributed by atoms with Gasteiger partial charge in [-0.3, -0.25) is 14.6 Å². The van der Waals surface area contributed by atoms with Crippen LogP contribution in [-0.2, 0) is 9.59 Å². The Bertz CT molecular complexity index is 635. The van der Waals surface area contributed by atoms with Crippen molar-refractivity contribution in [1.82, 2.24) is 10.3 Å². The van der Waals surface area contributed by atoms with E-state index in [-0.39, 0.29) is 23.6 Å². The summed E-state index contributed by atoms with van der Waals surface area (Å²) in [5, 5.41) is 5.14. The predicted molar refractivity (Wildman–Crippen MR) is 92.3 cm³/mol. The molecule has 0 fully saturated rings. The maximum absolute atomic E-state index is 12.2. The number of hydrogen-bond acceptors (Lipinski definition) is 4. The van der Waals surface area contributed by atoms with Crippen molar-refractivity contribution in [2.45, 2.75) is 23.5 Å². The van der Waals surface area contributed by atoms with E-state index in [2.05, 4.69) is 15.6 Å². The van der Waals surface area contributed by atoms with Crippen LogP contribution < -0.4 is 10.6 Å². The van der Waals surface area contributed by atoms with E-state index in [0.29, 0.717) is 12.1 Å². The lowest BCUT2D eigenvalue weighted by Crippen LogP contribution is -2.38. The van der Waals surface area contributed by atoms with Gasteiger partial charge in [0.1, 0.15) is 0 Å². The van der Waals surface area contributed by atoms with Crippen LogP contribution >= 0.6 is 11.8 Å². The molecular formula is C17H19N3O2S. The van der Waals surface area contributed by atoms with Crippen molar-refractivity contribution in [2.24, 2.45) is 0 Å².